The first-order chi connectivity index (χ1) is 15.7. The van der Waals surface area contributed by atoms with Gasteiger partial charge in [0.15, 0.2) is 5.96 Å². The molecule has 2 N–H and O–H groups in total. The zero-order chi connectivity index (χ0) is 22.2. The van der Waals surface area contributed by atoms with Crippen molar-refractivity contribution in [1.29, 1.82) is 0 Å². The van der Waals surface area contributed by atoms with Gasteiger partial charge in [-0.3, -0.25) is 4.90 Å². The van der Waals surface area contributed by atoms with E-state index in [0.717, 1.165) is 70.5 Å². The molecule has 0 aromatic heterocycles. The van der Waals surface area contributed by atoms with E-state index in [1.807, 2.05) is 0 Å². The number of hydrogen-bond donors (Lipinski definition) is 2. The van der Waals surface area contributed by atoms with Gasteiger partial charge in [0.05, 0.1) is 25.9 Å². The number of benzene rings is 2. The van der Waals surface area contributed by atoms with Crippen LogP contribution in [0.25, 0.3) is 0 Å². The van der Waals surface area contributed by atoms with Crippen LogP contribution in [-0.4, -0.2) is 56.4 Å². The summed E-state index contributed by atoms with van der Waals surface area (Å²) in [5.41, 5.74) is 5.24. The molecule has 1 unspecified atom stereocenters. The van der Waals surface area contributed by atoms with Crippen LogP contribution in [0.15, 0.2) is 47.5 Å². The fourth-order valence-corrected chi connectivity index (χ4v) is 4.35. The zero-order valence-corrected chi connectivity index (χ0v) is 19.4. The van der Waals surface area contributed by atoms with Crippen molar-refractivity contribution in [2.45, 2.75) is 45.9 Å². The monoisotopic (exact) mass is 436 g/mol. The molecule has 1 fully saturated rings. The van der Waals surface area contributed by atoms with Crippen LogP contribution in [0.4, 0.5) is 0 Å². The lowest BCUT2D eigenvalue weighted by Crippen LogP contribution is -2.40. The zero-order valence-electron chi connectivity index (χ0n) is 19.4. The Morgan fingerprint density at radius 2 is 2.00 bits per heavy atom. The van der Waals surface area contributed by atoms with Gasteiger partial charge in [-0.1, -0.05) is 36.4 Å². The van der Waals surface area contributed by atoms with E-state index in [-0.39, 0.29) is 0 Å². The average molecular weight is 437 g/mol. The minimum Gasteiger partial charge on any atom is -0.493 e. The molecule has 0 spiro atoms. The highest BCUT2D eigenvalue weighted by molar-refractivity contribution is 5.79. The fourth-order valence-electron chi connectivity index (χ4n) is 4.35. The van der Waals surface area contributed by atoms with Crippen molar-refractivity contribution < 1.29 is 9.47 Å². The highest BCUT2D eigenvalue weighted by Gasteiger charge is 2.16. The molecule has 0 radical (unpaired) electrons. The van der Waals surface area contributed by atoms with Gasteiger partial charge in [0.1, 0.15) is 5.75 Å². The molecule has 0 bridgehead atoms. The summed E-state index contributed by atoms with van der Waals surface area (Å²) in [6, 6.07) is 15.3. The average Bonchev–Trinajstić information content (AvgIpc) is 3.26. The number of morpholine rings is 1. The van der Waals surface area contributed by atoms with Crippen LogP contribution in [0, 0.1) is 0 Å². The first kappa shape index (κ1) is 22.6. The molecule has 1 atom stereocenters. The molecule has 1 saturated heterocycles. The predicted octanol–water partition coefficient (Wildman–Crippen LogP) is 3.14. The first-order valence-electron chi connectivity index (χ1n) is 11.9. The van der Waals surface area contributed by atoms with Crippen LogP contribution >= 0.6 is 0 Å². The van der Waals surface area contributed by atoms with E-state index in [4.69, 9.17) is 14.5 Å². The van der Waals surface area contributed by atoms with Crippen LogP contribution < -0.4 is 15.4 Å². The summed E-state index contributed by atoms with van der Waals surface area (Å²) in [6.07, 6.45) is 2.30. The normalized spacial score (nSPS) is 18.8. The van der Waals surface area contributed by atoms with E-state index < -0.39 is 0 Å². The summed E-state index contributed by atoms with van der Waals surface area (Å²) in [5.74, 6) is 1.91. The molecule has 0 saturated carbocycles. The number of aliphatic imine (C=N–C) groups is 1. The Morgan fingerprint density at radius 1 is 1.09 bits per heavy atom. The molecule has 2 aliphatic rings. The highest BCUT2D eigenvalue weighted by atomic mass is 16.5. The first-order valence-corrected chi connectivity index (χ1v) is 11.9. The molecule has 2 aliphatic heterocycles. The number of nitrogens with one attached hydrogen (secondary N) is 2. The summed E-state index contributed by atoms with van der Waals surface area (Å²) in [7, 11) is 0. The van der Waals surface area contributed by atoms with Crippen LogP contribution in [0.2, 0.25) is 0 Å². The van der Waals surface area contributed by atoms with Gasteiger partial charge < -0.3 is 20.1 Å². The third kappa shape index (κ3) is 6.47. The van der Waals surface area contributed by atoms with Crippen molar-refractivity contribution in [3.8, 4) is 5.75 Å². The second-order valence-corrected chi connectivity index (χ2v) is 8.65. The fraction of sp³-hybridized carbons (Fsp3) is 0.500. The van der Waals surface area contributed by atoms with Crippen LogP contribution in [0.5, 0.6) is 5.75 Å². The van der Waals surface area contributed by atoms with Gasteiger partial charge >= 0.3 is 0 Å². The molecule has 32 heavy (non-hydrogen) atoms. The minimum atomic E-state index is 0.315. The maximum Gasteiger partial charge on any atom is 0.191 e. The van der Waals surface area contributed by atoms with E-state index in [1.54, 1.807) is 0 Å². The number of hydrogen-bond acceptors (Lipinski definition) is 4. The maximum absolute atomic E-state index is 5.66. The van der Waals surface area contributed by atoms with E-state index >= 15 is 0 Å². The predicted molar refractivity (Wildman–Crippen MR) is 129 cm³/mol. The van der Waals surface area contributed by atoms with Crippen LogP contribution in [-0.2, 0) is 30.7 Å². The molecule has 4 rings (SSSR count). The van der Waals surface area contributed by atoms with Crippen molar-refractivity contribution in [2.24, 2.45) is 4.99 Å². The molecule has 6 nitrogen and oxygen atoms in total. The summed E-state index contributed by atoms with van der Waals surface area (Å²) >= 11 is 0. The smallest absolute Gasteiger partial charge is 0.191 e. The Hall–Kier alpha value is -2.57. The van der Waals surface area contributed by atoms with E-state index in [1.165, 1.54) is 22.3 Å². The van der Waals surface area contributed by atoms with Crippen molar-refractivity contribution in [2.75, 3.05) is 39.4 Å². The molecule has 2 aromatic rings. The van der Waals surface area contributed by atoms with Gasteiger partial charge in [0, 0.05) is 39.1 Å². The van der Waals surface area contributed by atoms with Gasteiger partial charge in [0.25, 0.3) is 0 Å². The number of fused-ring (bicyclic) bond motifs is 1. The minimum absolute atomic E-state index is 0.315. The quantitative estimate of drug-likeness (QED) is 0.492. The van der Waals surface area contributed by atoms with Gasteiger partial charge in [-0.05, 0) is 48.6 Å². The largest absolute Gasteiger partial charge is 0.493 e. The Labute approximate surface area is 192 Å². The van der Waals surface area contributed by atoms with Gasteiger partial charge in [-0.15, -0.1) is 0 Å². The summed E-state index contributed by atoms with van der Waals surface area (Å²) in [5, 5.41) is 6.84. The third-order valence-corrected chi connectivity index (χ3v) is 5.95. The second-order valence-electron chi connectivity index (χ2n) is 8.65. The Balaban J connectivity index is 1.29. The molecule has 0 aliphatic carbocycles. The number of nitrogens with zero attached hydrogens (tertiary/aromatic N) is 2. The number of rotatable bonds is 8. The molecular formula is C26H36N4O2. The molecular weight excluding hydrogens is 400 g/mol. The van der Waals surface area contributed by atoms with E-state index in [9.17, 15) is 0 Å². The van der Waals surface area contributed by atoms with Gasteiger partial charge in [-0.25, -0.2) is 4.99 Å². The lowest BCUT2D eigenvalue weighted by Gasteiger charge is -2.31. The Morgan fingerprint density at radius 3 is 2.88 bits per heavy atom. The lowest BCUT2D eigenvalue weighted by molar-refractivity contribution is -0.0212. The third-order valence-electron chi connectivity index (χ3n) is 5.95. The van der Waals surface area contributed by atoms with Crippen molar-refractivity contribution in [1.82, 2.24) is 15.5 Å². The molecule has 6 heteroatoms. The topological polar surface area (TPSA) is 58.1 Å². The second kappa shape index (κ2) is 11.3. The number of ether oxygens (including phenoxy) is 2. The standard InChI is InChI=1S/C26H36N4O2/c1-3-27-26(28-11-9-21-7-8-25-24(16-21)10-13-32-25)29-17-22-5-4-6-23(15-22)19-30-12-14-31-20(2)18-30/h4-8,15-16,20H,3,9-14,17-19H2,1-2H3,(H2,27,28,29). The summed E-state index contributed by atoms with van der Waals surface area (Å²) in [4.78, 5) is 7.28. The summed E-state index contributed by atoms with van der Waals surface area (Å²) < 4.78 is 11.3. The SMILES string of the molecule is CCNC(=NCc1cccc(CN2CCOC(C)C2)c1)NCCc1ccc2c(c1)CCO2. The van der Waals surface area contributed by atoms with E-state index in [0.29, 0.717) is 12.6 Å². The highest BCUT2D eigenvalue weighted by Crippen LogP contribution is 2.25. The summed E-state index contributed by atoms with van der Waals surface area (Å²) in [6.45, 7) is 11.2. The molecule has 0 amide bonds. The van der Waals surface area contributed by atoms with Crippen molar-refractivity contribution >= 4 is 5.96 Å². The molecule has 2 aromatic carbocycles. The lowest BCUT2D eigenvalue weighted by atomic mass is 10.1. The van der Waals surface area contributed by atoms with E-state index in [2.05, 4.69) is 71.8 Å². The Bertz CT molecular complexity index is 914. The van der Waals surface area contributed by atoms with Crippen LogP contribution in [0.1, 0.15) is 36.1 Å². The van der Waals surface area contributed by atoms with Crippen LogP contribution in [0.3, 0.4) is 0 Å². The van der Waals surface area contributed by atoms with Gasteiger partial charge in [0.2, 0.25) is 0 Å². The van der Waals surface area contributed by atoms with Crippen molar-refractivity contribution in [3.05, 3.63) is 64.7 Å². The maximum atomic E-state index is 5.66. The number of guanidine groups is 1. The van der Waals surface area contributed by atoms with Gasteiger partial charge in [-0.2, -0.15) is 0 Å². The van der Waals surface area contributed by atoms with Crippen molar-refractivity contribution in [3.63, 3.8) is 0 Å². The molecule has 172 valence electrons. The molecule has 2 heterocycles. The Kier molecular flexibility index (Phi) is 8.02.